The molecule has 4 unspecified atom stereocenters. The molecule has 0 heterocycles. The summed E-state index contributed by atoms with van der Waals surface area (Å²) in [5.41, 5.74) is 2.86. The van der Waals surface area contributed by atoms with Crippen LogP contribution >= 0.6 is 0 Å². The predicted octanol–water partition coefficient (Wildman–Crippen LogP) is 4.86. The highest BCUT2D eigenvalue weighted by Crippen LogP contribution is 2.50. The fraction of sp³-hybridized carbons (Fsp3) is 0.684. The molecule has 1 aromatic carbocycles. The first-order valence-corrected chi connectivity index (χ1v) is 8.56. The van der Waals surface area contributed by atoms with E-state index in [0.717, 1.165) is 24.3 Å². The van der Waals surface area contributed by atoms with Crippen molar-refractivity contribution >= 4 is 0 Å². The van der Waals surface area contributed by atoms with Crippen LogP contribution in [-0.4, -0.2) is 6.54 Å². The second-order valence-electron chi connectivity index (χ2n) is 7.09. The third kappa shape index (κ3) is 3.09. The van der Waals surface area contributed by atoms with E-state index in [1.54, 1.807) is 0 Å². The molecular formula is C19H29N. The lowest BCUT2D eigenvalue weighted by Crippen LogP contribution is -2.26. The molecule has 20 heavy (non-hydrogen) atoms. The molecule has 110 valence electrons. The molecule has 0 spiro atoms. The summed E-state index contributed by atoms with van der Waals surface area (Å²) < 4.78 is 0. The lowest BCUT2D eigenvalue weighted by molar-refractivity contribution is 0.279. The first kappa shape index (κ1) is 14.1. The third-order valence-corrected chi connectivity index (χ3v) is 5.54. The van der Waals surface area contributed by atoms with Crippen molar-refractivity contribution in [3.05, 3.63) is 35.4 Å². The largest absolute Gasteiger partial charge is 0.310 e. The number of hydrogen-bond acceptors (Lipinski definition) is 1. The van der Waals surface area contributed by atoms with Crippen LogP contribution in [0.1, 0.15) is 62.6 Å². The Morgan fingerprint density at radius 2 is 1.95 bits per heavy atom. The normalized spacial score (nSPS) is 29.8. The van der Waals surface area contributed by atoms with Crippen molar-refractivity contribution in [3.63, 3.8) is 0 Å². The molecule has 0 aliphatic heterocycles. The van der Waals surface area contributed by atoms with E-state index in [-0.39, 0.29) is 0 Å². The molecule has 2 bridgehead atoms. The summed E-state index contributed by atoms with van der Waals surface area (Å²) in [7, 11) is 0. The van der Waals surface area contributed by atoms with Gasteiger partial charge in [-0.3, -0.25) is 0 Å². The van der Waals surface area contributed by atoms with Gasteiger partial charge in [0.2, 0.25) is 0 Å². The average Bonchev–Trinajstić information content (AvgIpc) is 3.07. The SMILES string of the molecule is CCCNC(CC1CC2CCC1C2)c1ccc(C)cc1. The predicted molar refractivity (Wildman–Crippen MR) is 85.8 cm³/mol. The van der Waals surface area contributed by atoms with Gasteiger partial charge in [-0.05, 0) is 68.9 Å². The number of benzene rings is 1. The number of aryl methyl sites for hydroxylation is 1. The van der Waals surface area contributed by atoms with Crippen molar-refractivity contribution < 1.29 is 0 Å². The Hall–Kier alpha value is -0.820. The Morgan fingerprint density at radius 3 is 2.55 bits per heavy atom. The topological polar surface area (TPSA) is 12.0 Å². The maximum atomic E-state index is 3.79. The zero-order valence-electron chi connectivity index (χ0n) is 13.1. The molecule has 0 aromatic heterocycles. The van der Waals surface area contributed by atoms with E-state index >= 15 is 0 Å². The molecule has 0 radical (unpaired) electrons. The summed E-state index contributed by atoms with van der Waals surface area (Å²) >= 11 is 0. The molecule has 4 atom stereocenters. The summed E-state index contributed by atoms with van der Waals surface area (Å²) in [6.45, 7) is 5.57. The van der Waals surface area contributed by atoms with E-state index in [2.05, 4.69) is 43.4 Å². The van der Waals surface area contributed by atoms with Crippen LogP contribution in [0.3, 0.4) is 0 Å². The zero-order chi connectivity index (χ0) is 13.9. The number of hydrogen-bond donors (Lipinski definition) is 1. The van der Waals surface area contributed by atoms with Crippen molar-refractivity contribution in [1.82, 2.24) is 5.32 Å². The van der Waals surface area contributed by atoms with Crippen LogP contribution in [0.5, 0.6) is 0 Å². The third-order valence-electron chi connectivity index (χ3n) is 5.54. The molecule has 1 heteroatoms. The van der Waals surface area contributed by atoms with Gasteiger partial charge < -0.3 is 5.32 Å². The van der Waals surface area contributed by atoms with Crippen molar-refractivity contribution in [1.29, 1.82) is 0 Å². The van der Waals surface area contributed by atoms with Crippen LogP contribution in [0.15, 0.2) is 24.3 Å². The fourth-order valence-corrected chi connectivity index (χ4v) is 4.42. The van der Waals surface area contributed by atoms with Gasteiger partial charge in [0.25, 0.3) is 0 Å². The van der Waals surface area contributed by atoms with Crippen molar-refractivity contribution in [3.8, 4) is 0 Å². The molecule has 0 saturated heterocycles. The molecular weight excluding hydrogens is 242 g/mol. The first-order valence-electron chi connectivity index (χ1n) is 8.56. The highest BCUT2D eigenvalue weighted by atomic mass is 14.9. The van der Waals surface area contributed by atoms with E-state index < -0.39 is 0 Å². The van der Waals surface area contributed by atoms with Gasteiger partial charge in [0.05, 0.1) is 0 Å². The monoisotopic (exact) mass is 271 g/mol. The van der Waals surface area contributed by atoms with Gasteiger partial charge in [-0.15, -0.1) is 0 Å². The highest BCUT2D eigenvalue weighted by Gasteiger charge is 2.40. The summed E-state index contributed by atoms with van der Waals surface area (Å²) in [5.74, 6) is 3.08. The summed E-state index contributed by atoms with van der Waals surface area (Å²) in [6.07, 6.45) is 8.62. The molecule has 3 rings (SSSR count). The quantitative estimate of drug-likeness (QED) is 0.779. The minimum absolute atomic E-state index is 0.569. The van der Waals surface area contributed by atoms with Gasteiger partial charge in [0, 0.05) is 6.04 Å². The van der Waals surface area contributed by atoms with E-state index in [0.29, 0.717) is 6.04 Å². The molecule has 2 fully saturated rings. The Morgan fingerprint density at radius 1 is 1.15 bits per heavy atom. The van der Waals surface area contributed by atoms with Crippen molar-refractivity contribution in [2.75, 3.05) is 6.54 Å². The lowest BCUT2D eigenvalue weighted by atomic mass is 9.82. The summed E-state index contributed by atoms with van der Waals surface area (Å²) in [5, 5.41) is 3.79. The van der Waals surface area contributed by atoms with Gasteiger partial charge in [-0.25, -0.2) is 0 Å². The van der Waals surface area contributed by atoms with Crippen molar-refractivity contribution in [2.45, 2.75) is 58.4 Å². The van der Waals surface area contributed by atoms with Gasteiger partial charge in [0.15, 0.2) is 0 Å². The maximum Gasteiger partial charge on any atom is 0.0322 e. The van der Waals surface area contributed by atoms with Crippen LogP contribution < -0.4 is 5.32 Å². The average molecular weight is 271 g/mol. The Kier molecular flexibility index (Phi) is 4.45. The Balaban J connectivity index is 1.67. The van der Waals surface area contributed by atoms with Crippen LogP contribution in [0.4, 0.5) is 0 Å². The maximum absolute atomic E-state index is 3.79. The Labute approximate surface area is 124 Å². The summed E-state index contributed by atoms with van der Waals surface area (Å²) in [6, 6.07) is 9.75. The summed E-state index contributed by atoms with van der Waals surface area (Å²) in [4.78, 5) is 0. The van der Waals surface area contributed by atoms with Crippen LogP contribution in [0.2, 0.25) is 0 Å². The van der Waals surface area contributed by atoms with Gasteiger partial charge in [0.1, 0.15) is 0 Å². The second-order valence-corrected chi connectivity index (χ2v) is 7.09. The molecule has 1 N–H and O–H groups in total. The van der Waals surface area contributed by atoms with E-state index in [1.807, 2.05) is 0 Å². The zero-order valence-corrected chi connectivity index (χ0v) is 13.1. The van der Waals surface area contributed by atoms with E-state index in [9.17, 15) is 0 Å². The fourth-order valence-electron chi connectivity index (χ4n) is 4.42. The lowest BCUT2D eigenvalue weighted by Gasteiger charge is -2.28. The molecule has 1 nitrogen and oxygen atoms in total. The standard InChI is InChI=1S/C19H29N/c1-3-10-20-19(16-7-4-14(2)5-8-16)13-18-12-15-6-9-17(18)11-15/h4-5,7-8,15,17-20H,3,6,9-13H2,1-2H3. The van der Waals surface area contributed by atoms with Crippen LogP contribution in [0.25, 0.3) is 0 Å². The number of nitrogens with one attached hydrogen (secondary N) is 1. The highest BCUT2D eigenvalue weighted by molar-refractivity contribution is 5.24. The van der Waals surface area contributed by atoms with Gasteiger partial charge in [-0.1, -0.05) is 43.2 Å². The van der Waals surface area contributed by atoms with Gasteiger partial charge in [-0.2, -0.15) is 0 Å². The van der Waals surface area contributed by atoms with E-state index in [1.165, 1.54) is 49.7 Å². The minimum Gasteiger partial charge on any atom is -0.310 e. The number of rotatable bonds is 6. The smallest absolute Gasteiger partial charge is 0.0322 e. The van der Waals surface area contributed by atoms with Gasteiger partial charge >= 0.3 is 0 Å². The van der Waals surface area contributed by atoms with E-state index in [4.69, 9.17) is 0 Å². The minimum atomic E-state index is 0.569. The molecule has 1 aromatic rings. The molecule has 2 saturated carbocycles. The van der Waals surface area contributed by atoms with Crippen molar-refractivity contribution in [2.24, 2.45) is 17.8 Å². The van der Waals surface area contributed by atoms with Crippen LogP contribution in [-0.2, 0) is 0 Å². The molecule has 2 aliphatic rings. The first-order chi connectivity index (χ1) is 9.76. The molecule has 2 aliphatic carbocycles. The van der Waals surface area contributed by atoms with Crippen LogP contribution in [0, 0.1) is 24.7 Å². The number of fused-ring (bicyclic) bond motifs is 2. The second kappa shape index (κ2) is 6.30. The Bertz CT molecular complexity index is 422. The molecule has 0 amide bonds.